The molecule has 606 valence electrons. The van der Waals surface area contributed by atoms with Gasteiger partial charge in [0.15, 0.2) is 12.2 Å². The summed E-state index contributed by atoms with van der Waals surface area (Å²) in [6.07, 6.45) is 65.3. The van der Waals surface area contributed by atoms with Crippen molar-refractivity contribution in [2.24, 2.45) is 11.8 Å². The number of carbonyl (C=O) groups is 4. The standard InChI is InChI=1S/C83H162O17P2/c1-7-10-12-14-16-18-20-22-24-26-28-29-34-38-42-46-53-59-65-80(85)93-71-78(99-82(87)67-62-56-48-44-40-36-32-31-33-37-41-45-52-58-64-76(6)9-3)73-97-101(89,90)95-69-77(84)70-96-102(91,92)98-74-79(72-94-81(86)66-60-54-50-49-51-57-63-75(4)5)100-83(88)68-61-55-47-43-39-35-30-27-25-23-21-19-17-15-13-11-8-2/h75-79,84H,7-74H2,1-6H3,(H,89,90)(H,91,92)/t76?,77-,78-,79-/m1/s1. The third-order valence-electron chi connectivity index (χ3n) is 19.8. The Morgan fingerprint density at radius 2 is 0.500 bits per heavy atom. The van der Waals surface area contributed by atoms with Gasteiger partial charge in [0.25, 0.3) is 0 Å². The summed E-state index contributed by atoms with van der Waals surface area (Å²) >= 11 is 0. The van der Waals surface area contributed by atoms with Gasteiger partial charge < -0.3 is 33.8 Å². The Labute approximate surface area is 626 Å². The maximum Gasteiger partial charge on any atom is 0.472 e. The van der Waals surface area contributed by atoms with Gasteiger partial charge in [0.2, 0.25) is 0 Å². The molecular weight excluding hydrogens is 1330 g/mol. The highest BCUT2D eigenvalue weighted by Crippen LogP contribution is 2.45. The fraction of sp³-hybridized carbons (Fsp3) is 0.952. The minimum atomic E-state index is -4.96. The molecule has 0 rings (SSSR count). The second-order valence-corrected chi connectivity index (χ2v) is 33.5. The van der Waals surface area contributed by atoms with Gasteiger partial charge >= 0.3 is 39.5 Å². The number of rotatable bonds is 82. The number of phosphoric acid groups is 2. The molecule has 0 aromatic carbocycles. The molecule has 17 nitrogen and oxygen atoms in total. The van der Waals surface area contributed by atoms with Crippen molar-refractivity contribution in [3.05, 3.63) is 0 Å². The first-order valence-electron chi connectivity index (χ1n) is 43.0. The molecule has 3 N–H and O–H groups in total. The Hall–Kier alpha value is -1.94. The molecule has 0 aliphatic carbocycles. The highest BCUT2D eigenvalue weighted by molar-refractivity contribution is 7.47. The first-order chi connectivity index (χ1) is 49.4. The van der Waals surface area contributed by atoms with E-state index in [1.54, 1.807) is 0 Å². The van der Waals surface area contributed by atoms with Gasteiger partial charge in [0, 0.05) is 25.7 Å². The van der Waals surface area contributed by atoms with Gasteiger partial charge in [-0.05, 0) is 37.5 Å². The lowest BCUT2D eigenvalue weighted by Crippen LogP contribution is -2.30. The molecule has 0 aliphatic heterocycles. The molecule has 102 heavy (non-hydrogen) atoms. The summed E-state index contributed by atoms with van der Waals surface area (Å²) in [5, 5.41) is 10.7. The third kappa shape index (κ3) is 74.9. The Morgan fingerprint density at radius 3 is 0.745 bits per heavy atom. The van der Waals surface area contributed by atoms with Crippen LogP contribution in [0.1, 0.15) is 440 Å². The third-order valence-corrected chi connectivity index (χ3v) is 21.7. The molecular formula is C83H162O17P2. The van der Waals surface area contributed by atoms with Gasteiger partial charge in [-0.1, -0.05) is 388 Å². The quantitative estimate of drug-likeness (QED) is 0.0222. The van der Waals surface area contributed by atoms with Crippen molar-refractivity contribution in [3.63, 3.8) is 0 Å². The molecule has 19 heteroatoms. The Balaban J connectivity index is 5.22. The number of ether oxygens (including phenoxy) is 4. The van der Waals surface area contributed by atoms with E-state index in [2.05, 4.69) is 41.5 Å². The molecule has 0 heterocycles. The maximum absolute atomic E-state index is 13.1. The summed E-state index contributed by atoms with van der Waals surface area (Å²) in [5.74, 6) is -0.582. The molecule has 0 saturated heterocycles. The Morgan fingerprint density at radius 1 is 0.284 bits per heavy atom. The van der Waals surface area contributed by atoms with Crippen molar-refractivity contribution in [2.45, 2.75) is 458 Å². The number of hydrogen-bond donors (Lipinski definition) is 3. The molecule has 0 aromatic rings. The first-order valence-corrected chi connectivity index (χ1v) is 46.0. The normalized spacial score (nSPS) is 14.1. The summed E-state index contributed by atoms with van der Waals surface area (Å²) in [6.45, 7) is 9.63. The molecule has 3 unspecified atom stereocenters. The number of aliphatic hydroxyl groups excluding tert-OH is 1. The van der Waals surface area contributed by atoms with Crippen LogP contribution in [0, 0.1) is 11.8 Å². The Kier molecular flexibility index (Phi) is 73.1. The minimum Gasteiger partial charge on any atom is -0.462 e. The number of phosphoric ester groups is 2. The maximum atomic E-state index is 13.1. The zero-order chi connectivity index (χ0) is 74.9. The van der Waals surface area contributed by atoms with Gasteiger partial charge in [-0.2, -0.15) is 0 Å². The second kappa shape index (κ2) is 74.5. The largest absolute Gasteiger partial charge is 0.472 e. The van der Waals surface area contributed by atoms with Crippen LogP contribution in [0.4, 0.5) is 0 Å². The lowest BCUT2D eigenvalue weighted by Gasteiger charge is -2.21. The van der Waals surface area contributed by atoms with E-state index in [4.69, 9.17) is 37.0 Å². The predicted octanol–water partition coefficient (Wildman–Crippen LogP) is 25.1. The van der Waals surface area contributed by atoms with Crippen LogP contribution in [-0.4, -0.2) is 96.7 Å². The number of aliphatic hydroxyl groups is 1. The molecule has 0 aliphatic rings. The topological polar surface area (TPSA) is 237 Å². The molecule has 0 bridgehead atoms. The van der Waals surface area contributed by atoms with E-state index in [0.29, 0.717) is 31.6 Å². The smallest absolute Gasteiger partial charge is 0.462 e. The van der Waals surface area contributed by atoms with Crippen LogP contribution in [0.5, 0.6) is 0 Å². The highest BCUT2D eigenvalue weighted by atomic mass is 31.2. The van der Waals surface area contributed by atoms with E-state index in [1.807, 2.05) is 0 Å². The summed E-state index contributed by atoms with van der Waals surface area (Å²) < 4.78 is 68.8. The number of esters is 4. The molecule has 0 aromatic heterocycles. The van der Waals surface area contributed by atoms with Gasteiger partial charge in [-0.3, -0.25) is 37.3 Å². The number of unbranched alkanes of at least 4 members (excludes halogenated alkanes) is 51. The van der Waals surface area contributed by atoms with Crippen LogP contribution in [-0.2, 0) is 65.4 Å². The zero-order valence-electron chi connectivity index (χ0n) is 66.9. The fourth-order valence-electron chi connectivity index (χ4n) is 12.9. The van der Waals surface area contributed by atoms with Gasteiger partial charge in [-0.25, -0.2) is 9.13 Å². The van der Waals surface area contributed by atoms with E-state index >= 15 is 0 Å². The van der Waals surface area contributed by atoms with Crippen LogP contribution >= 0.6 is 15.6 Å². The lowest BCUT2D eigenvalue weighted by molar-refractivity contribution is -0.161. The average Bonchev–Trinajstić information content (AvgIpc) is 1.11. The SMILES string of the molecule is CCCCCCCCCCCCCCCCCCCCC(=O)OC[C@H](COP(=O)(O)OC[C@@H](O)COP(=O)(O)OC[C@@H](COC(=O)CCCCCCCCC(C)C)OC(=O)CCCCCCCCCCCCCCCCCCC)OC(=O)CCCCCCCCCCCCCCCCC(C)CC. The van der Waals surface area contributed by atoms with Crippen LogP contribution in [0.25, 0.3) is 0 Å². The van der Waals surface area contributed by atoms with Crippen LogP contribution in [0.3, 0.4) is 0 Å². The van der Waals surface area contributed by atoms with Crippen LogP contribution in [0.15, 0.2) is 0 Å². The lowest BCUT2D eigenvalue weighted by atomic mass is 9.99. The van der Waals surface area contributed by atoms with Crippen LogP contribution < -0.4 is 0 Å². The first kappa shape index (κ1) is 100. The summed E-state index contributed by atoms with van der Waals surface area (Å²) in [6, 6.07) is 0. The number of hydrogen-bond acceptors (Lipinski definition) is 15. The van der Waals surface area contributed by atoms with Crippen LogP contribution in [0.2, 0.25) is 0 Å². The molecule has 0 spiro atoms. The van der Waals surface area contributed by atoms with Gasteiger partial charge in [0.05, 0.1) is 26.4 Å². The second-order valence-electron chi connectivity index (χ2n) is 30.6. The van der Waals surface area contributed by atoms with E-state index in [1.165, 1.54) is 250 Å². The van der Waals surface area contributed by atoms with Crippen molar-refractivity contribution >= 4 is 39.5 Å². The van der Waals surface area contributed by atoms with E-state index in [9.17, 15) is 43.2 Å². The van der Waals surface area contributed by atoms with Crippen molar-refractivity contribution in [1.82, 2.24) is 0 Å². The van der Waals surface area contributed by atoms with Crippen molar-refractivity contribution in [2.75, 3.05) is 39.6 Å². The van der Waals surface area contributed by atoms with E-state index in [-0.39, 0.29) is 25.7 Å². The monoisotopic (exact) mass is 1490 g/mol. The fourth-order valence-corrected chi connectivity index (χ4v) is 14.4. The van der Waals surface area contributed by atoms with Crippen molar-refractivity contribution in [3.8, 4) is 0 Å². The molecule has 0 radical (unpaired) electrons. The van der Waals surface area contributed by atoms with E-state index in [0.717, 1.165) is 102 Å². The molecule has 0 amide bonds. The minimum absolute atomic E-state index is 0.108. The zero-order valence-corrected chi connectivity index (χ0v) is 68.7. The summed E-state index contributed by atoms with van der Waals surface area (Å²) in [4.78, 5) is 73.1. The molecule has 6 atom stereocenters. The molecule has 0 fully saturated rings. The van der Waals surface area contributed by atoms with E-state index < -0.39 is 97.5 Å². The summed E-state index contributed by atoms with van der Waals surface area (Å²) in [5.41, 5.74) is 0. The van der Waals surface area contributed by atoms with Gasteiger partial charge in [0.1, 0.15) is 19.3 Å². The Bertz CT molecular complexity index is 1960. The van der Waals surface area contributed by atoms with Crippen molar-refractivity contribution < 1.29 is 80.2 Å². The predicted molar refractivity (Wildman–Crippen MR) is 418 cm³/mol. The van der Waals surface area contributed by atoms with Gasteiger partial charge in [-0.15, -0.1) is 0 Å². The molecule has 0 saturated carbocycles. The highest BCUT2D eigenvalue weighted by Gasteiger charge is 2.30. The average molecular weight is 1490 g/mol. The number of carbonyl (C=O) groups excluding carboxylic acids is 4. The van der Waals surface area contributed by atoms with Crippen molar-refractivity contribution in [1.29, 1.82) is 0 Å². The summed E-state index contributed by atoms with van der Waals surface area (Å²) in [7, 11) is -9.92.